The Labute approximate surface area is 105 Å². The van der Waals surface area contributed by atoms with Crippen molar-refractivity contribution >= 4 is 20.7 Å². The Morgan fingerprint density at radius 1 is 1.38 bits per heavy atom. The predicted octanol–water partition coefficient (Wildman–Crippen LogP) is 3.07. The highest BCUT2D eigenvalue weighted by Gasteiger charge is 2.03. The minimum Gasteiger partial charge on any atom is -0.494 e. The van der Waals surface area contributed by atoms with Crippen LogP contribution in [0.5, 0.6) is 5.75 Å². The molecule has 0 N–H and O–H groups in total. The molecule has 1 aromatic rings. The molecule has 88 valence electrons. The van der Waals surface area contributed by atoms with Gasteiger partial charge in [0, 0.05) is 29.5 Å². The Kier molecular flexibility index (Phi) is 5.32. The number of benzene rings is 1. The van der Waals surface area contributed by atoms with E-state index in [0.29, 0.717) is 13.2 Å². The third-order valence-corrected chi connectivity index (χ3v) is 2.88. The van der Waals surface area contributed by atoms with Crippen molar-refractivity contribution in [1.29, 1.82) is 0 Å². The van der Waals surface area contributed by atoms with Crippen LogP contribution in [0, 0.1) is 0 Å². The second-order valence-corrected chi connectivity index (χ2v) is 4.18. The highest BCUT2D eigenvalue weighted by molar-refractivity contribution is 9.18. The minimum atomic E-state index is -0.0848. The summed E-state index contributed by atoms with van der Waals surface area (Å²) in [7, 11) is 1.77. The van der Waals surface area contributed by atoms with Gasteiger partial charge >= 0.3 is 0 Å². The summed E-state index contributed by atoms with van der Waals surface area (Å²) >= 11 is 2.91. The molecular weight excluding hydrogens is 270 g/mol. The zero-order valence-corrected chi connectivity index (χ0v) is 11.2. The molecule has 1 amide bonds. The molecule has 0 unspecified atom stereocenters. The Morgan fingerprint density at radius 2 is 2.00 bits per heavy atom. The first-order chi connectivity index (χ1) is 7.63. The maximum atomic E-state index is 10.9. The third kappa shape index (κ3) is 4.23. The second-order valence-electron chi connectivity index (χ2n) is 3.50. The number of carbonyl (C=O) groups excluding carboxylic acids is 1. The largest absolute Gasteiger partial charge is 0.494 e. The first-order valence-electron chi connectivity index (χ1n) is 5.25. The minimum absolute atomic E-state index is 0.0848. The van der Waals surface area contributed by atoms with Crippen molar-refractivity contribution in [3.63, 3.8) is 0 Å². The van der Waals surface area contributed by atoms with Crippen molar-refractivity contribution in [2.24, 2.45) is 0 Å². The molecule has 0 spiro atoms. The van der Waals surface area contributed by atoms with Gasteiger partial charge in [-0.2, -0.15) is 0 Å². The third-order valence-electron chi connectivity index (χ3n) is 2.27. The highest BCUT2D eigenvalue weighted by Crippen LogP contribution is 2.12. The number of amides is 1. The normalized spacial score (nSPS) is 9.94. The molecule has 1 aromatic carbocycles. The van der Waals surface area contributed by atoms with Gasteiger partial charge in [-0.15, -0.1) is 0 Å². The number of hydrogen-bond donors (Lipinski definition) is 0. The average Bonchev–Trinajstić information content (AvgIpc) is 2.28. The maximum absolute atomic E-state index is 10.9. The lowest BCUT2D eigenvalue weighted by molar-refractivity contribution is 0.235. The highest BCUT2D eigenvalue weighted by atomic mass is 79.9. The van der Waals surface area contributed by atoms with Crippen LogP contribution in [0.1, 0.15) is 12.5 Å². The number of halogens is 1. The van der Waals surface area contributed by atoms with Crippen molar-refractivity contribution in [3.05, 3.63) is 29.8 Å². The van der Waals surface area contributed by atoms with Gasteiger partial charge < -0.3 is 9.64 Å². The van der Waals surface area contributed by atoms with Gasteiger partial charge in [-0.25, -0.2) is 0 Å². The van der Waals surface area contributed by atoms with Crippen LogP contribution in [0.4, 0.5) is 4.79 Å². The van der Waals surface area contributed by atoms with E-state index in [-0.39, 0.29) is 4.82 Å². The number of ether oxygens (including phenoxy) is 1. The van der Waals surface area contributed by atoms with Gasteiger partial charge in [-0.1, -0.05) is 12.1 Å². The Hall–Kier alpha value is -1.03. The molecule has 0 saturated carbocycles. The van der Waals surface area contributed by atoms with E-state index in [4.69, 9.17) is 4.74 Å². The van der Waals surface area contributed by atoms with Gasteiger partial charge in [0.2, 0.25) is 0 Å². The molecule has 0 aliphatic rings. The van der Waals surface area contributed by atoms with E-state index in [1.165, 1.54) is 5.56 Å². The number of hydrogen-bond acceptors (Lipinski definition) is 2. The summed E-state index contributed by atoms with van der Waals surface area (Å²) in [5.74, 6) is 0.885. The van der Waals surface area contributed by atoms with Crippen molar-refractivity contribution in [2.75, 3.05) is 20.2 Å². The quantitative estimate of drug-likeness (QED) is 0.615. The van der Waals surface area contributed by atoms with E-state index >= 15 is 0 Å². The van der Waals surface area contributed by atoms with Gasteiger partial charge in [0.05, 0.1) is 6.61 Å². The van der Waals surface area contributed by atoms with Crippen molar-refractivity contribution in [3.8, 4) is 5.75 Å². The Balaban J connectivity index is 2.46. The van der Waals surface area contributed by atoms with Gasteiger partial charge in [0.25, 0.3) is 4.82 Å². The summed E-state index contributed by atoms with van der Waals surface area (Å²) in [4.78, 5) is 12.5. The van der Waals surface area contributed by atoms with Gasteiger partial charge in [0.1, 0.15) is 5.75 Å². The van der Waals surface area contributed by atoms with E-state index in [1.54, 1.807) is 11.9 Å². The van der Waals surface area contributed by atoms with Crippen LogP contribution in [-0.2, 0) is 6.42 Å². The smallest absolute Gasteiger partial charge is 0.289 e. The van der Waals surface area contributed by atoms with E-state index < -0.39 is 0 Å². The summed E-state index contributed by atoms with van der Waals surface area (Å²) in [5, 5.41) is 0. The molecule has 0 radical (unpaired) electrons. The number of rotatable bonds is 5. The standard InChI is InChI=1S/C12H16BrNO2/c1-3-16-11-6-4-10(5-7-11)8-9-14(2)12(13)15/h4-7H,3,8-9H2,1-2H3. The van der Waals surface area contributed by atoms with E-state index in [9.17, 15) is 4.79 Å². The average molecular weight is 286 g/mol. The molecule has 3 nitrogen and oxygen atoms in total. The van der Waals surface area contributed by atoms with Crippen LogP contribution in [0.2, 0.25) is 0 Å². The van der Waals surface area contributed by atoms with Crippen LogP contribution in [-0.4, -0.2) is 29.9 Å². The summed E-state index contributed by atoms with van der Waals surface area (Å²) in [6.45, 7) is 3.35. The molecule has 0 aliphatic heterocycles. The summed E-state index contributed by atoms with van der Waals surface area (Å²) in [5.41, 5.74) is 1.20. The van der Waals surface area contributed by atoms with Crippen LogP contribution < -0.4 is 4.74 Å². The van der Waals surface area contributed by atoms with Gasteiger partial charge in [0.15, 0.2) is 0 Å². The predicted molar refractivity (Wildman–Crippen MR) is 68.3 cm³/mol. The Morgan fingerprint density at radius 3 is 2.50 bits per heavy atom. The van der Waals surface area contributed by atoms with Crippen molar-refractivity contribution in [2.45, 2.75) is 13.3 Å². The zero-order valence-electron chi connectivity index (χ0n) is 9.57. The number of nitrogens with zero attached hydrogens (tertiary/aromatic N) is 1. The molecule has 16 heavy (non-hydrogen) atoms. The summed E-state index contributed by atoms with van der Waals surface area (Å²) in [6.07, 6.45) is 0.847. The first-order valence-corrected chi connectivity index (χ1v) is 6.05. The SMILES string of the molecule is CCOc1ccc(CCN(C)C(=O)Br)cc1. The summed E-state index contributed by atoms with van der Waals surface area (Å²) < 4.78 is 5.35. The fraction of sp³-hybridized carbons (Fsp3) is 0.417. The van der Waals surface area contributed by atoms with Crippen molar-refractivity contribution in [1.82, 2.24) is 4.90 Å². The monoisotopic (exact) mass is 285 g/mol. The van der Waals surface area contributed by atoms with Gasteiger partial charge in [-0.05, 0) is 31.0 Å². The topological polar surface area (TPSA) is 29.5 Å². The first kappa shape index (κ1) is 13.0. The lowest BCUT2D eigenvalue weighted by Gasteiger charge is -2.13. The summed E-state index contributed by atoms with van der Waals surface area (Å²) in [6, 6.07) is 7.96. The molecule has 0 aromatic heterocycles. The lowest BCUT2D eigenvalue weighted by atomic mass is 10.1. The molecule has 0 fully saturated rings. The van der Waals surface area contributed by atoms with Crippen LogP contribution in [0.25, 0.3) is 0 Å². The number of carbonyl (C=O) groups is 1. The zero-order chi connectivity index (χ0) is 12.0. The second kappa shape index (κ2) is 6.53. The fourth-order valence-electron chi connectivity index (χ4n) is 1.30. The lowest BCUT2D eigenvalue weighted by Crippen LogP contribution is -2.23. The van der Waals surface area contributed by atoms with Crippen LogP contribution in [0.3, 0.4) is 0 Å². The Bertz CT molecular complexity index is 337. The number of likely N-dealkylation sites (N-methyl/N-ethyl adjacent to an activating group) is 1. The van der Waals surface area contributed by atoms with Crippen LogP contribution in [0.15, 0.2) is 24.3 Å². The van der Waals surface area contributed by atoms with E-state index in [0.717, 1.165) is 12.2 Å². The fourth-order valence-corrected chi connectivity index (χ4v) is 1.48. The van der Waals surface area contributed by atoms with Crippen molar-refractivity contribution < 1.29 is 9.53 Å². The molecule has 4 heteroatoms. The molecule has 0 atom stereocenters. The molecule has 1 rings (SSSR count). The molecule has 0 heterocycles. The van der Waals surface area contributed by atoms with E-state index in [2.05, 4.69) is 15.9 Å². The molecule has 0 bridgehead atoms. The molecule has 0 saturated heterocycles. The van der Waals surface area contributed by atoms with E-state index in [1.807, 2.05) is 31.2 Å². The molecular formula is C12H16BrNO2. The van der Waals surface area contributed by atoms with Crippen LogP contribution >= 0.6 is 15.9 Å². The van der Waals surface area contributed by atoms with Gasteiger partial charge in [-0.3, -0.25) is 4.79 Å². The molecule has 0 aliphatic carbocycles. The maximum Gasteiger partial charge on any atom is 0.289 e.